The maximum atomic E-state index is 11.6. The minimum absolute atomic E-state index is 0.256. The van der Waals surface area contributed by atoms with Crippen LogP contribution < -0.4 is 21.7 Å². The van der Waals surface area contributed by atoms with Crippen LogP contribution in [0.2, 0.25) is 0 Å². The van der Waals surface area contributed by atoms with Crippen molar-refractivity contribution in [3.63, 3.8) is 0 Å². The second-order valence-electron chi connectivity index (χ2n) is 4.70. The molecule has 104 valence electrons. The van der Waals surface area contributed by atoms with Gasteiger partial charge in [-0.3, -0.25) is 14.9 Å². The lowest BCUT2D eigenvalue weighted by Crippen LogP contribution is -2.51. The lowest BCUT2D eigenvalue weighted by Gasteiger charge is -2.23. The van der Waals surface area contributed by atoms with Gasteiger partial charge in [-0.2, -0.15) is 0 Å². The van der Waals surface area contributed by atoms with Gasteiger partial charge in [0.25, 0.3) is 0 Å². The van der Waals surface area contributed by atoms with Crippen molar-refractivity contribution in [2.45, 2.75) is 33.7 Å². The normalized spacial score (nSPS) is 12.7. The summed E-state index contributed by atoms with van der Waals surface area (Å²) >= 11 is 0. The number of amides is 4. The Morgan fingerprint density at radius 1 is 1.28 bits per heavy atom. The van der Waals surface area contributed by atoms with Crippen LogP contribution in [0.25, 0.3) is 0 Å². The molecule has 1 unspecified atom stereocenters. The van der Waals surface area contributed by atoms with E-state index in [9.17, 15) is 14.4 Å². The van der Waals surface area contributed by atoms with Gasteiger partial charge in [0.15, 0.2) is 0 Å². The van der Waals surface area contributed by atoms with E-state index in [1.54, 1.807) is 27.7 Å². The van der Waals surface area contributed by atoms with Crippen molar-refractivity contribution in [3.05, 3.63) is 0 Å². The van der Waals surface area contributed by atoms with Crippen LogP contribution in [0.1, 0.15) is 27.7 Å². The van der Waals surface area contributed by atoms with Crippen LogP contribution in [-0.2, 0) is 9.59 Å². The van der Waals surface area contributed by atoms with E-state index in [-0.39, 0.29) is 6.54 Å². The van der Waals surface area contributed by atoms with Crippen molar-refractivity contribution in [1.29, 1.82) is 0 Å². The van der Waals surface area contributed by atoms with Crippen molar-refractivity contribution < 1.29 is 14.4 Å². The van der Waals surface area contributed by atoms with Gasteiger partial charge in [-0.1, -0.05) is 0 Å². The van der Waals surface area contributed by atoms with E-state index < -0.39 is 29.3 Å². The quantitative estimate of drug-likeness (QED) is 0.505. The van der Waals surface area contributed by atoms with Gasteiger partial charge >= 0.3 is 6.03 Å². The molecule has 0 fully saturated rings. The molecule has 0 rings (SSSR count). The predicted octanol–water partition coefficient (Wildman–Crippen LogP) is -0.678. The fraction of sp³-hybridized carbons (Fsp3) is 0.727. The predicted molar refractivity (Wildman–Crippen MR) is 67.7 cm³/mol. The maximum Gasteiger partial charge on any atom is 0.321 e. The lowest BCUT2D eigenvalue weighted by molar-refractivity contribution is -0.127. The number of hydrogen-bond acceptors (Lipinski definition) is 4. The Labute approximate surface area is 107 Å². The molecular formula is C11H22N4O3. The zero-order chi connectivity index (χ0) is 14.3. The van der Waals surface area contributed by atoms with Crippen molar-refractivity contribution in [2.75, 3.05) is 13.1 Å². The third-order valence-electron chi connectivity index (χ3n) is 2.48. The minimum Gasteiger partial charge on any atom is -0.369 e. The topological polar surface area (TPSA) is 113 Å². The van der Waals surface area contributed by atoms with Crippen LogP contribution in [0.15, 0.2) is 0 Å². The summed E-state index contributed by atoms with van der Waals surface area (Å²) in [6.07, 6.45) is 0. The fourth-order valence-corrected chi connectivity index (χ4v) is 1.01. The van der Waals surface area contributed by atoms with Gasteiger partial charge in [0.2, 0.25) is 11.8 Å². The van der Waals surface area contributed by atoms with Gasteiger partial charge in [-0.15, -0.1) is 0 Å². The van der Waals surface area contributed by atoms with Gasteiger partial charge < -0.3 is 16.4 Å². The number of hydrogen-bond donors (Lipinski definition) is 4. The van der Waals surface area contributed by atoms with Crippen LogP contribution in [0.5, 0.6) is 0 Å². The number of primary amides is 1. The Hall–Kier alpha value is -1.63. The fourth-order valence-electron chi connectivity index (χ4n) is 1.01. The van der Waals surface area contributed by atoms with Crippen molar-refractivity contribution >= 4 is 17.8 Å². The van der Waals surface area contributed by atoms with E-state index >= 15 is 0 Å². The van der Waals surface area contributed by atoms with Crippen LogP contribution in [0.3, 0.4) is 0 Å². The molecule has 1 atom stereocenters. The lowest BCUT2D eigenvalue weighted by atomic mass is 9.92. The van der Waals surface area contributed by atoms with Crippen molar-refractivity contribution in [3.8, 4) is 0 Å². The number of rotatable bonds is 6. The first-order chi connectivity index (χ1) is 8.20. The zero-order valence-corrected chi connectivity index (χ0v) is 11.3. The molecule has 4 amide bonds. The maximum absolute atomic E-state index is 11.6. The van der Waals surface area contributed by atoms with E-state index in [0.29, 0.717) is 6.54 Å². The van der Waals surface area contributed by atoms with Crippen molar-refractivity contribution in [2.24, 2.45) is 11.1 Å². The summed E-state index contributed by atoms with van der Waals surface area (Å²) in [4.78, 5) is 33.8. The number of imide groups is 1. The molecule has 0 aromatic carbocycles. The minimum atomic E-state index is -0.750. The largest absolute Gasteiger partial charge is 0.369 e. The molecule has 0 aromatic rings. The molecular weight excluding hydrogens is 236 g/mol. The Bertz CT molecular complexity index is 328. The van der Waals surface area contributed by atoms with Crippen molar-refractivity contribution in [1.82, 2.24) is 16.0 Å². The molecule has 0 spiro atoms. The number of carbonyl (C=O) groups excluding carboxylic acids is 3. The van der Waals surface area contributed by atoms with E-state index in [2.05, 4.69) is 16.0 Å². The third kappa shape index (κ3) is 5.62. The van der Waals surface area contributed by atoms with Gasteiger partial charge in [-0.05, 0) is 27.7 Å². The first-order valence-electron chi connectivity index (χ1n) is 5.82. The molecule has 0 heterocycles. The average molecular weight is 258 g/mol. The smallest absolute Gasteiger partial charge is 0.321 e. The second kappa shape index (κ2) is 6.95. The number of nitrogens with two attached hydrogens (primary N) is 1. The molecule has 0 radical (unpaired) electrons. The molecule has 0 bridgehead atoms. The molecule has 0 aliphatic carbocycles. The van der Waals surface area contributed by atoms with Gasteiger partial charge in [0.05, 0.1) is 11.5 Å². The van der Waals surface area contributed by atoms with E-state index in [1.807, 2.05) is 0 Å². The SMILES string of the molecule is CCNC(=O)NC(=O)C(C)NCC(C)(C)C(N)=O. The Morgan fingerprint density at radius 2 is 1.83 bits per heavy atom. The first-order valence-corrected chi connectivity index (χ1v) is 5.82. The Morgan fingerprint density at radius 3 is 2.28 bits per heavy atom. The van der Waals surface area contributed by atoms with Gasteiger partial charge in [-0.25, -0.2) is 4.79 Å². The Kier molecular flexibility index (Phi) is 6.32. The highest BCUT2D eigenvalue weighted by molar-refractivity contribution is 5.96. The highest BCUT2D eigenvalue weighted by Crippen LogP contribution is 2.12. The van der Waals surface area contributed by atoms with Gasteiger partial charge in [0.1, 0.15) is 0 Å². The standard InChI is InChI=1S/C11H22N4O3/c1-5-13-10(18)15-8(16)7(2)14-6-11(3,4)9(12)17/h7,14H,5-6H2,1-4H3,(H2,12,17)(H2,13,15,16,18). The zero-order valence-electron chi connectivity index (χ0n) is 11.3. The molecule has 0 aromatic heterocycles. The molecule has 0 saturated carbocycles. The van der Waals surface area contributed by atoms with E-state index in [1.165, 1.54) is 0 Å². The van der Waals surface area contributed by atoms with Crippen LogP contribution in [0, 0.1) is 5.41 Å². The summed E-state index contributed by atoms with van der Waals surface area (Å²) in [5.74, 6) is -0.910. The van der Waals surface area contributed by atoms with E-state index in [4.69, 9.17) is 5.73 Å². The van der Waals surface area contributed by atoms with Crippen LogP contribution in [-0.4, -0.2) is 37.0 Å². The summed E-state index contributed by atoms with van der Waals surface area (Å²) in [7, 11) is 0. The van der Waals surface area contributed by atoms with E-state index in [0.717, 1.165) is 0 Å². The second-order valence-corrected chi connectivity index (χ2v) is 4.70. The molecule has 5 N–H and O–H groups in total. The summed E-state index contributed by atoms with van der Waals surface area (Å²) in [6, 6.07) is -1.13. The Balaban J connectivity index is 4.17. The molecule has 0 aliphatic rings. The summed E-state index contributed by atoms with van der Waals surface area (Å²) in [6.45, 7) is 7.40. The third-order valence-corrected chi connectivity index (χ3v) is 2.48. The number of nitrogens with one attached hydrogen (secondary N) is 3. The monoisotopic (exact) mass is 258 g/mol. The molecule has 7 heteroatoms. The molecule has 7 nitrogen and oxygen atoms in total. The van der Waals surface area contributed by atoms with Gasteiger partial charge in [0, 0.05) is 13.1 Å². The number of carbonyl (C=O) groups is 3. The number of urea groups is 1. The molecule has 0 aliphatic heterocycles. The highest BCUT2D eigenvalue weighted by atomic mass is 16.2. The highest BCUT2D eigenvalue weighted by Gasteiger charge is 2.26. The first kappa shape index (κ1) is 16.4. The average Bonchev–Trinajstić information content (AvgIpc) is 2.25. The van der Waals surface area contributed by atoms with Crippen LogP contribution >= 0.6 is 0 Å². The summed E-state index contributed by atoms with van der Waals surface area (Å²) < 4.78 is 0. The summed E-state index contributed by atoms with van der Waals surface area (Å²) in [5.41, 5.74) is 4.46. The molecule has 18 heavy (non-hydrogen) atoms. The van der Waals surface area contributed by atoms with Crippen LogP contribution in [0.4, 0.5) is 4.79 Å². The summed E-state index contributed by atoms with van der Waals surface area (Å²) in [5, 5.41) is 7.49. The molecule has 0 saturated heterocycles.